The van der Waals surface area contributed by atoms with Gasteiger partial charge in [0.2, 0.25) is 0 Å². The molecule has 0 radical (unpaired) electrons. The Hall–Kier alpha value is -2.64. The highest BCUT2D eigenvalue weighted by atomic mass is 31.2. The number of Topliss-reactive ketones (excluding diaryl/α,β-unsaturated/α-hetero) is 1. The number of aliphatic hydroxyl groups excluding tert-OH is 2. The molecule has 0 aromatic carbocycles. The van der Waals surface area contributed by atoms with Crippen LogP contribution in [-0.2, 0) is 50.3 Å². The Kier molecular flexibility index (Phi) is 25.7. The maximum Gasteiger partial charge on any atom is 0.472 e. The number of rotatable bonds is 33. The third-order valence-corrected chi connectivity index (χ3v) is 12.0. The normalized spacial score (nSPS) is 19.3. The molecule has 1 saturated carbocycles. The van der Waals surface area contributed by atoms with E-state index in [9.17, 15) is 34.1 Å². The molecule has 1 aliphatic carbocycles. The van der Waals surface area contributed by atoms with Crippen molar-refractivity contribution in [2.24, 2.45) is 11.8 Å². The topological polar surface area (TPSA) is 179 Å². The van der Waals surface area contributed by atoms with E-state index in [4.69, 9.17) is 22.9 Å². The maximum absolute atomic E-state index is 12.8. The molecule has 1 heterocycles. The minimum absolute atomic E-state index is 0.0203. The number of esters is 2. The first kappa shape index (κ1) is 53.5. The van der Waals surface area contributed by atoms with Crippen LogP contribution in [0.4, 0.5) is 0 Å². The van der Waals surface area contributed by atoms with Gasteiger partial charge in [-0.25, -0.2) is 4.57 Å². The number of quaternary nitrogens is 1. The van der Waals surface area contributed by atoms with Gasteiger partial charge in [-0.05, 0) is 69.9 Å². The molecular weight excluding hydrogens is 789 g/mol. The fourth-order valence-electron chi connectivity index (χ4n) is 7.16. The number of phosphoric ester groups is 1. The molecule has 0 bridgehead atoms. The molecule has 1 fully saturated rings. The van der Waals surface area contributed by atoms with Crippen molar-refractivity contribution >= 4 is 25.5 Å². The summed E-state index contributed by atoms with van der Waals surface area (Å²) in [6, 6.07) is 0. The summed E-state index contributed by atoms with van der Waals surface area (Å²) in [5.41, 5.74) is 2.53. The van der Waals surface area contributed by atoms with E-state index >= 15 is 0 Å². The zero-order valence-electron chi connectivity index (χ0n) is 37.9. The molecule has 13 nitrogen and oxygen atoms in total. The van der Waals surface area contributed by atoms with Crippen molar-refractivity contribution < 1.29 is 61.5 Å². The van der Waals surface area contributed by atoms with Crippen LogP contribution in [0.3, 0.4) is 0 Å². The number of furan rings is 1. The molecule has 0 amide bonds. The number of likely N-dealkylation sites (N-methyl/N-ethyl adjacent to an activating group) is 1. The van der Waals surface area contributed by atoms with Gasteiger partial charge in [0.25, 0.3) is 0 Å². The summed E-state index contributed by atoms with van der Waals surface area (Å²) in [6.45, 7) is 8.14. The van der Waals surface area contributed by atoms with Gasteiger partial charge in [-0.3, -0.25) is 23.4 Å². The lowest BCUT2D eigenvalue weighted by molar-refractivity contribution is -0.870. The highest BCUT2D eigenvalue weighted by Gasteiger charge is 2.39. The van der Waals surface area contributed by atoms with Crippen molar-refractivity contribution in [3.05, 3.63) is 47.0 Å². The van der Waals surface area contributed by atoms with Crippen molar-refractivity contribution in [1.29, 1.82) is 0 Å². The molecule has 0 spiro atoms. The van der Waals surface area contributed by atoms with Gasteiger partial charge >= 0.3 is 19.8 Å². The van der Waals surface area contributed by atoms with Crippen LogP contribution in [0.5, 0.6) is 0 Å². The van der Waals surface area contributed by atoms with Crippen molar-refractivity contribution in [3.63, 3.8) is 0 Å². The van der Waals surface area contributed by atoms with Gasteiger partial charge in [-0.2, -0.15) is 0 Å². The Bertz CT molecular complexity index is 1510. The number of carbonyl (C=O) groups excluding carboxylic acids is 3. The van der Waals surface area contributed by atoms with E-state index < -0.39 is 50.6 Å². The Balaban J connectivity index is 1.78. The van der Waals surface area contributed by atoms with E-state index in [1.165, 1.54) is 11.1 Å². The van der Waals surface area contributed by atoms with Gasteiger partial charge in [-0.1, -0.05) is 83.1 Å². The maximum atomic E-state index is 12.8. The first-order chi connectivity index (χ1) is 28.5. The molecule has 1 aliphatic rings. The number of ether oxygens (including phenoxy) is 2. The summed E-state index contributed by atoms with van der Waals surface area (Å²) in [5, 5.41) is 20.8. The van der Waals surface area contributed by atoms with Crippen molar-refractivity contribution in [2.45, 2.75) is 168 Å². The number of aryl methyl sites for hydroxylation is 2. The minimum Gasteiger partial charge on any atom is -0.466 e. The number of carbonyl (C=O) groups is 3. The molecule has 1 aromatic heterocycles. The number of hydrogen-bond acceptors (Lipinski definition) is 11. The van der Waals surface area contributed by atoms with Crippen LogP contribution in [0.15, 0.2) is 28.7 Å². The molecule has 0 aliphatic heterocycles. The second kappa shape index (κ2) is 28.9. The van der Waals surface area contributed by atoms with Crippen LogP contribution in [0, 0.1) is 25.7 Å². The Morgan fingerprint density at radius 1 is 0.867 bits per heavy atom. The summed E-state index contributed by atoms with van der Waals surface area (Å²) in [5.74, 6) is 0.424. The van der Waals surface area contributed by atoms with Crippen molar-refractivity contribution in [3.8, 4) is 0 Å². The molecule has 6 atom stereocenters. The van der Waals surface area contributed by atoms with Gasteiger partial charge < -0.3 is 33.5 Å². The number of phosphoric acid groups is 1. The second-order valence-electron chi connectivity index (χ2n) is 17.5. The fraction of sp³-hybridized carbons (Fsp3) is 0.761. The number of aliphatic hydroxyl groups is 2. The number of unbranched alkanes of at least 4 members (excludes halogenated alkanes) is 8. The number of hydrogen-bond donors (Lipinski definition) is 3. The van der Waals surface area contributed by atoms with Crippen molar-refractivity contribution in [1.82, 2.24) is 0 Å². The Morgan fingerprint density at radius 3 is 2.22 bits per heavy atom. The third kappa shape index (κ3) is 22.5. The molecular formula is C46H79NO12P+. The van der Waals surface area contributed by atoms with Gasteiger partial charge in [0.1, 0.15) is 37.1 Å². The monoisotopic (exact) mass is 869 g/mol. The van der Waals surface area contributed by atoms with E-state index in [1.54, 1.807) is 12.2 Å². The molecule has 3 N–H and O–H groups in total. The predicted octanol–water partition coefficient (Wildman–Crippen LogP) is 8.60. The number of nitrogens with zero attached hydrogens (tertiary/aromatic N) is 1. The summed E-state index contributed by atoms with van der Waals surface area (Å²) in [6.07, 6.45) is 18.9. The zero-order valence-corrected chi connectivity index (χ0v) is 38.8. The number of allylic oxidation sites excluding steroid dienone is 3. The quantitative estimate of drug-likeness (QED) is 0.0202. The lowest BCUT2D eigenvalue weighted by Crippen LogP contribution is -2.37. The molecule has 344 valence electrons. The predicted molar refractivity (Wildman–Crippen MR) is 233 cm³/mol. The second-order valence-corrected chi connectivity index (χ2v) is 18.9. The summed E-state index contributed by atoms with van der Waals surface area (Å²) < 4.78 is 40.4. The van der Waals surface area contributed by atoms with E-state index in [-0.39, 0.29) is 44.2 Å². The van der Waals surface area contributed by atoms with E-state index in [0.29, 0.717) is 43.1 Å². The van der Waals surface area contributed by atoms with Crippen LogP contribution >= 0.6 is 7.82 Å². The first-order valence-corrected chi connectivity index (χ1v) is 24.0. The lowest BCUT2D eigenvalue weighted by Gasteiger charge is -2.24. The van der Waals surface area contributed by atoms with Gasteiger partial charge in [0.15, 0.2) is 6.10 Å². The van der Waals surface area contributed by atoms with Gasteiger partial charge in [-0.15, -0.1) is 0 Å². The zero-order chi connectivity index (χ0) is 44.6. The highest BCUT2D eigenvalue weighted by molar-refractivity contribution is 7.47. The first-order valence-electron chi connectivity index (χ1n) is 22.5. The van der Waals surface area contributed by atoms with Crippen LogP contribution < -0.4 is 0 Å². The van der Waals surface area contributed by atoms with E-state index in [1.807, 2.05) is 33.3 Å². The SMILES string of the molecule is CCCCC[C@H](O)/C=C/[C@H]1C(=O)C[C@H](O)[C@@H]1C/C=C\CCCC(=O)OC[C@H](COP(=O)(O)OCC[N+](C)(C)C)OC(=O)CCCCCCCCc1oc(CCC)c(C)c1C. The van der Waals surface area contributed by atoms with E-state index in [0.717, 1.165) is 82.1 Å². The molecule has 0 saturated heterocycles. The summed E-state index contributed by atoms with van der Waals surface area (Å²) in [7, 11) is 1.30. The molecule has 1 unspecified atom stereocenters. The average Bonchev–Trinajstić information content (AvgIpc) is 3.60. The van der Waals surface area contributed by atoms with Crippen LogP contribution in [0.1, 0.15) is 146 Å². The fourth-order valence-corrected chi connectivity index (χ4v) is 7.90. The van der Waals surface area contributed by atoms with Crippen LogP contribution in [-0.4, -0.2) is 103 Å². The third-order valence-electron chi connectivity index (χ3n) is 11.0. The lowest BCUT2D eigenvalue weighted by atomic mass is 9.90. The smallest absolute Gasteiger partial charge is 0.466 e. The molecule has 60 heavy (non-hydrogen) atoms. The van der Waals surface area contributed by atoms with Crippen molar-refractivity contribution in [2.75, 3.05) is 47.5 Å². The van der Waals surface area contributed by atoms with Gasteiger partial charge in [0.05, 0.1) is 40.0 Å². The largest absolute Gasteiger partial charge is 0.472 e. The van der Waals surface area contributed by atoms with Crippen LogP contribution in [0.2, 0.25) is 0 Å². The number of ketones is 1. The van der Waals surface area contributed by atoms with E-state index in [2.05, 4.69) is 27.7 Å². The molecule has 1 aromatic rings. The average molecular weight is 869 g/mol. The highest BCUT2D eigenvalue weighted by Crippen LogP contribution is 2.43. The minimum atomic E-state index is -4.46. The van der Waals surface area contributed by atoms with Crippen LogP contribution in [0.25, 0.3) is 0 Å². The molecule has 14 heteroatoms. The molecule has 2 rings (SSSR count). The Labute approximate surface area is 360 Å². The standard InChI is InChI=1S/C46H78NO12P/c1-8-10-17-23-37(48)28-29-40-39(41(49)32-42(40)50)24-18-15-16-20-26-45(51)55-33-38(34-57-60(53,54)56-31-30-47(5,6)7)58-46(52)27-21-14-12-11-13-19-25-44-36(4)35(3)43(59-44)22-9-2/h15,18,28-29,37-41,48-49H,8-14,16-17,19-27,30-34H2,1-7H3/p+1/b18-15-,29-28+/t37-,38+,39+,40+,41-/m0/s1. The van der Waals surface area contributed by atoms with Gasteiger partial charge in [0, 0.05) is 43.9 Å². The Morgan fingerprint density at radius 2 is 1.53 bits per heavy atom. The summed E-state index contributed by atoms with van der Waals surface area (Å²) in [4.78, 5) is 48.2. The summed E-state index contributed by atoms with van der Waals surface area (Å²) >= 11 is 0.